The number of nitrogens with zero attached hydrogens (tertiary/aromatic N) is 3. The first-order valence-corrected chi connectivity index (χ1v) is 23.3. The van der Waals surface area contributed by atoms with Crippen LogP contribution in [0.15, 0.2) is 164 Å². The van der Waals surface area contributed by atoms with Gasteiger partial charge in [-0.15, -0.1) is 0 Å². The first kappa shape index (κ1) is 34.3. The molecule has 2 aromatic heterocycles. The van der Waals surface area contributed by atoms with E-state index in [0.29, 0.717) is 33.7 Å². The highest BCUT2D eigenvalue weighted by Crippen LogP contribution is 2.44. The molecule has 0 saturated heterocycles. The Hall–Kier alpha value is -7.04. The molecular weight excluding hydrogens is 827 g/mol. The molecule has 0 aliphatic carbocycles. The van der Waals surface area contributed by atoms with Crippen molar-refractivity contribution in [2.45, 2.75) is 105 Å². The molecule has 342 valence electrons. The first-order valence-electron chi connectivity index (χ1n) is 28.8. The van der Waals surface area contributed by atoms with Crippen LogP contribution in [0.25, 0.3) is 83.9 Å². The maximum atomic E-state index is 12.3. The molecule has 9 rings (SSSR count). The minimum absolute atomic E-state index is 0.0105. The molecule has 0 fully saturated rings. The van der Waals surface area contributed by atoms with E-state index in [-0.39, 0.29) is 23.1 Å². The van der Waals surface area contributed by atoms with E-state index in [1.165, 1.54) is 12.1 Å². The van der Waals surface area contributed by atoms with E-state index < -0.39 is 37.8 Å². The lowest BCUT2D eigenvalue weighted by atomic mass is 9.85. The van der Waals surface area contributed by atoms with Crippen LogP contribution >= 0.6 is 0 Å². The number of aromatic nitrogens is 3. The van der Waals surface area contributed by atoms with Crippen molar-refractivity contribution in [3.63, 3.8) is 0 Å². The Morgan fingerprint density at radius 1 is 0.529 bits per heavy atom. The van der Waals surface area contributed by atoms with Crippen molar-refractivity contribution in [1.82, 2.24) is 14.5 Å². The summed E-state index contributed by atoms with van der Waals surface area (Å²) in [6.07, 6.45) is 1.66. The molecule has 9 aromatic rings. The first-order chi connectivity index (χ1) is 36.9. The number of pyridine rings is 1. The van der Waals surface area contributed by atoms with Gasteiger partial charge in [-0.2, -0.15) is 0 Å². The fraction of sp³-hybridized carbons (Fsp3) is 0.250. The number of para-hydroxylation sites is 1. The second kappa shape index (κ2) is 18.6. The number of imidazole rings is 1. The number of benzene rings is 7. The number of aromatic hydroxyl groups is 1. The Morgan fingerprint density at radius 3 is 1.81 bits per heavy atom. The zero-order valence-corrected chi connectivity index (χ0v) is 40.0. The molecule has 0 aliphatic rings. The lowest BCUT2D eigenvalue weighted by molar-refractivity contribution is 0.466. The highest BCUT2D eigenvalue weighted by molar-refractivity contribution is 5.98. The molecule has 1 N–H and O–H groups in total. The van der Waals surface area contributed by atoms with Gasteiger partial charge in [0.1, 0.15) is 11.6 Å². The van der Waals surface area contributed by atoms with Crippen molar-refractivity contribution in [1.29, 1.82) is 0 Å². The van der Waals surface area contributed by atoms with Crippen LogP contribution in [-0.4, -0.2) is 19.6 Å². The van der Waals surface area contributed by atoms with Gasteiger partial charge in [0.15, 0.2) is 0 Å². The fourth-order valence-corrected chi connectivity index (χ4v) is 9.28. The van der Waals surface area contributed by atoms with Gasteiger partial charge >= 0.3 is 0 Å². The third-order valence-electron chi connectivity index (χ3n) is 13.0. The van der Waals surface area contributed by atoms with E-state index in [2.05, 4.69) is 56.5 Å². The van der Waals surface area contributed by atoms with E-state index in [4.69, 9.17) is 25.0 Å². The number of hydrogen-bond donors (Lipinski definition) is 1. The maximum Gasteiger partial charge on any atom is 0.149 e. The average molecular weight is 903 g/mol. The normalized spacial score (nSPS) is 15.3. The van der Waals surface area contributed by atoms with Gasteiger partial charge < -0.3 is 5.11 Å². The molecule has 0 spiro atoms. The van der Waals surface area contributed by atoms with Gasteiger partial charge in [-0.25, -0.2) is 4.98 Å². The van der Waals surface area contributed by atoms with Gasteiger partial charge in [0.25, 0.3) is 0 Å². The fourth-order valence-electron chi connectivity index (χ4n) is 9.28. The zero-order valence-electron chi connectivity index (χ0n) is 51.0. The third-order valence-corrected chi connectivity index (χ3v) is 13.0. The maximum absolute atomic E-state index is 12.3. The van der Waals surface area contributed by atoms with E-state index in [1.807, 2.05) is 131 Å². The minimum Gasteiger partial charge on any atom is -0.507 e. The van der Waals surface area contributed by atoms with Crippen LogP contribution in [0.5, 0.6) is 5.75 Å². The Balaban J connectivity index is 1.25. The Kier molecular flexibility index (Phi) is 9.36. The average Bonchev–Trinajstić information content (AvgIpc) is 3.92. The Labute approximate surface area is 419 Å². The molecule has 0 bridgehead atoms. The van der Waals surface area contributed by atoms with Gasteiger partial charge in [0, 0.05) is 38.1 Å². The van der Waals surface area contributed by atoms with Crippen molar-refractivity contribution in [3.8, 4) is 78.6 Å². The summed E-state index contributed by atoms with van der Waals surface area (Å²) in [4.78, 5) is 10.4. The van der Waals surface area contributed by atoms with Crippen molar-refractivity contribution >= 4 is 11.0 Å². The van der Waals surface area contributed by atoms with Gasteiger partial charge in [-0.05, 0) is 150 Å². The summed E-state index contributed by atoms with van der Waals surface area (Å²) in [5, 5.41) is 12.3. The monoisotopic (exact) mass is 903 g/mol. The van der Waals surface area contributed by atoms with Crippen molar-refractivity contribution in [3.05, 3.63) is 192 Å². The van der Waals surface area contributed by atoms with Gasteiger partial charge in [-0.1, -0.05) is 179 Å². The van der Waals surface area contributed by atoms with E-state index >= 15 is 0 Å². The predicted octanol–water partition coefficient (Wildman–Crippen LogP) is 17.9. The third kappa shape index (κ3) is 8.93. The van der Waals surface area contributed by atoms with Crippen molar-refractivity contribution < 1.29 is 20.2 Å². The molecule has 0 amide bonds. The highest BCUT2D eigenvalue weighted by Gasteiger charge is 2.25. The van der Waals surface area contributed by atoms with Crippen LogP contribution in [0.3, 0.4) is 0 Å². The summed E-state index contributed by atoms with van der Waals surface area (Å²) in [6.45, 7) is 5.73. The molecule has 2 heterocycles. The number of rotatable bonds is 11. The molecule has 4 heteroatoms. The van der Waals surface area contributed by atoms with E-state index in [0.717, 1.165) is 72.4 Å². The number of hydrogen-bond acceptors (Lipinski definition) is 3. The number of fused-ring (bicyclic) bond motifs is 1. The van der Waals surface area contributed by atoms with Crippen LogP contribution in [0, 0.1) is 0 Å². The van der Waals surface area contributed by atoms with Gasteiger partial charge in [0.05, 0.1) is 22.3 Å². The van der Waals surface area contributed by atoms with Crippen LogP contribution < -0.4 is 0 Å². The topological polar surface area (TPSA) is 50.9 Å². The summed E-state index contributed by atoms with van der Waals surface area (Å²) in [6, 6.07) is 49.8. The summed E-state index contributed by atoms with van der Waals surface area (Å²) in [5.74, 6) is -1.02. The molecule has 0 aliphatic heterocycles. The summed E-state index contributed by atoms with van der Waals surface area (Å²) in [5.41, 5.74) is 10.8. The predicted molar refractivity (Wildman–Crippen MR) is 288 cm³/mol. The smallest absolute Gasteiger partial charge is 0.149 e. The Bertz CT molecular complexity index is 3640. The van der Waals surface area contributed by atoms with Crippen LogP contribution in [-0.2, 0) is 5.41 Å². The molecule has 4 nitrogen and oxygen atoms in total. The molecule has 0 atom stereocenters. The van der Waals surface area contributed by atoms with Crippen molar-refractivity contribution in [2.24, 2.45) is 0 Å². The van der Waals surface area contributed by atoms with E-state index in [9.17, 15) is 5.11 Å². The van der Waals surface area contributed by atoms with Crippen molar-refractivity contribution in [2.75, 3.05) is 0 Å². The standard InChI is InChI=1S/C64H65N3O/c1-39(2)47-36-56(42(7)8)62(68)57(37-47)63-66-61-55(21-16-22-59(61)67(63)52-29-25-45(26-30-52)60-53(40(3)4)19-15-20-54(60)41(5)6)49-33-48(43-17-13-12-14-18-43)34-50(35-49)58-38-46(31-32-65-58)44-23-27-51(28-24-44)64(9,10)11/h12-42,68H,1-11H3/i9D3,10D3,11D3,40D,41D. The SMILES string of the molecule is [2H]C(C)(C)c1cccc(C([2H])(C)C)c1-c1ccc(-n2c(-c3cc(C(C)C)cc(C(C)C)c3O)nc3c(-c4cc(-c5ccccc5)cc(-c5cc(-c6ccc(C(C([2H])([2H])[2H])(C([2H])([2H])[2H])C([2H])([2H])[2H])cc6)ccn5)c4)cccc32)cc1. The highest BCUT2D eigenvalue weighted by atomic mass is 16.3. The molecule has 7 aromatic carbocycles. The molecule has 0 saturated carbocycles. The molecular formula is C64H65N3O. The lowest BCUT2D eigenvalue weighted by Crippen LogP contribution is -2.10. The van der Waals surface area contributed by atoms with Crippen LogP contribution in [0.1, 0.15) is 142 Å². The van der Waals surface area contributed by atoms with E-state index in [1.54, 1.807) is 24.4 Å². The summed E-state index contributed by atoms with van der Waals surface area (Å²) in [7, 11) is 0. The summed E-state index contributed by atoms with van der Waals surface area (Å²) >= 11 is 0. The van der Waals surface area contributed by atoms with Gasteiger partial charge in [0.2, 0.25) is 0 Å². The number of phenolic OH excluding ortho intramolecular Hbond substituents is 1. The number of phenols is 1. The zero-order chi connectivity index (χ0) is 57.4. The van der Waals surface area contributed by atoms with Gasteiger partial charge in [-0.3, -0.25) is 9.55 Å². The van der Waals surface area contributed by atoms with Crippen LogP contribution in [0.4, 0.5) is 0 Å². The quantitative estimate of drug-likeness (QED) is 0.141. The molecule has 0 unspecified atom stereocenters. The van der Waals surface area contributed by atoms with Crippen LogP contribution in [0.2, 0.25) is 0 Å². The lowest BCUT2D eigenvalue weighted by Gasteiger charge is -2.21. The molecule has 68 heavy (non-hydrogen) atoms. The second-order valence-electron chi connectivity index (χ2n) is 19.0. The molecule has 0 radical (unpaired) electrons. The summed E-state index contributed by atoms with van der Waals surface area (Å²) < 4.78 is 94.4. The Morgan fingerprint density at radius 2 is 1.16 bits per heavy atom. The minimum atomic E-state index is -3.39. The second-order valence-corrected chi connectivity index (χ2v) is 19.0. The largest absolute Gasteiger partial charge is 0.507 e.